The zero-order valence-corrected chi connectivity index (χ0v) is 14.1. The summed E-state index contributed by atoms with van der Waals surface area (Å²) in [5.41, 5.74) is 2.86. The highest BCUT2D eigenvalue weighted by molar-refractivity contribution is 6.05. The Kier molecular flexibility index (Phi) is 4.00. The number of carbonyl (C=O) groups is 3. The number of carbonyl (C=O) groups excluding carboxylic acids is 3. The highest BCUT2D eigenvalue weighted by atomic mass is 16.5. The van der Waals surface area contributed by atoms with Gasteiger partial charge in [0.1, 0.15) is 11.7 Å². The van der Waals surface area contributed by atoms with E-state index in [9.17, 15) is 14.4 Å². The van der Waals surface area contributed by atoms with Crippen LogP contribution in [0.2, 0.25) is 0 Å². The number of benzene rings is 1. The van der Waals surface area contributed by atoms with Crippen LogP contribution in [0.4, 0.5) is 0 Å². The number of fused-ring (bicyclic) bond motifs is 1. The van der Waals surface area contributed by atoms with Crippen molar-refractivity contribution >= 4 is 17.7 Å². The van der Waals surface area contributed by atoms with E-state index in [0.717, 1.165) is 11.3 Å². The minimum absolute atomic E-state index is 0.195. The van der Waals surface area contributed by atoms with Gasteiger partial charge >= 0.3 is 0 Å². The van der Waals surface area contributed by atoms with E-state index in [1.54, 1.807) is 30.1 Å². The smallest absolute Gasteiger partial charge is 0.255 e. The van der Waals surface area contributed by atoms with Crippen molar-refractivity contribution in [1.29, 1.82) is 0 Å². The van der Waals surface area contributed by atoms with Gasteiger partial charge in [0, 0.05) is 25.6 Å². The van der Waals surface area contributed by atoms with Crippen LogP contribution in [-0.2, 0) is 27.5 Å². The summed E-state index contributed by atoms with van der Waals surface area (Å²) in [4.78, 5) is 37.6. The van der Waals surface area contributed by atoms with Crippen LogP contribution in [-0.4, -0.2) is 50.8 Å². The molecule has 1 aromatic heterocycles. The first-order valence-corrected chi connectivity index (χ1v) is 8.25. The van der Waals surface area contributed by atoms with Gasteiger partial charge in [-0.3, -0.25) is 19.7 Å². The minimum atomic E-state index is -0.615. The van der Waals surface area contributed by atoms with Crippen LogP contribution in [0.3, 0.4) is 0 Å². The van der Waals surface area contributed by atoms with Gasteiger partial charge < -0.3 is 9.64 Å². The van der Waals surface area contributed by atoms with Crippen LogP contribution in [0.25, 0.3) is 5.69 Å². The van der Waals surface area contributed by atoms with Gasteiger partial charge in [-0.2, -0.15) is 0 Å². The molecular formula is C17H17N5O4. The molecule has 0 radical (unpaired) electrons. The molecule has 1 N–H and O–H groups in total. The third-order valence-corrected chi connectivity index (χ3v) is 4.60. The first-order chi connectivity index (χ1) is 12.6. The second kappa shape index (κ2) is 6.34. The maximum Gasteiger partial charge on any atom is 0.255 e. The summed E-state index contributed by atoms with van der Waals surface area (Å²) in [5, 5.41) is 10.4. The molecule has 9 heteroatoms. The van der Waals surface area contributed by atoms with Crippen LogP contribution in [0, 0.1) is 0 Å². The van der Waals surface area contributed by atoms with Gasteiger partial charge in [-0.15, -0.1) is 5.10 Å². The van der Waals surface area contributed by atoms with Crippen molar-refractivity contribution in [2.75, 3.05) is 7.11 Å². The Hall–Kier alpha value is -3.07. The number of aromatic nitrogens is 3. The summed E-state index contributed by atoms with van der Waals surface area (Å²) in [6.07, 6.45) is 2.35. The van der Waals surface area contributed by atoms with E-state index >= 15 is 0 Å². The number of hydrogen-bond acceptors (Lipinski definition) is 6. The van der Waals surface area contributed by atoms with Crippen LogP contribution in [0.5, 0.6) is 0 Å². The van der Waals surface area contributed by atoms with Gasteiger partial charge in [-0.25, -0.2) is 4.68 Å². The second-order valence-corrected chi connectivity index (χ2v) is 6.33. The number of hydrogen-bond donors (Lipinski definition) is 1. The second-order valence-electron chi connectivity index (χ2n) is 6.33. The highest BCUT2D eigenvalue weighted by Gasteiger charge is 2.39. The Morgan fingerprint density at radius 3 is 2.92 bits per heavy atom. The molecule has 2 aromatic rings. The molecule has 0 bridgehead atoms. The molecule has 1 fully saturated rings. The van der Waals surface area contributed by atoms with E-state index in [0.29, 0.717) is 30.8 Å². The number of piperidine rings is 1. The molecule has 1 unspecified atom stereocenters. The highest BCUT2D eigenvalue weighted by Crippen LogP contribution is 2.28. The van der Waals surface area contributed by atoms with Crippen molar-refractivity contribution in [2.24, 2.45) is 0 Å². The van der Waals surface area contributed by atoms with Crippen LogP contribution in [0.15, 0.2) is 24.4 Å². The number of methoxy groups -OCH3 is 1. The molecule has 2 aliphatic rings. The molecule has 2 aliphatic heterocycles. The summed E-state index contributed by atoms with van der Waals surface area (Å²) < 4.78 is 6.65. The van der Waals surface area contributed by atoms with Crippen molar-refractivity contribution in [3.8, 4) is 5.69 Å². The Bertz CT molecular complexity index is 906. The Balaban J connectivity index is 1.58. The number of ether oxygens (including phenoxy) is 1. The van der Waals surface area contributed by atoms with Crippen molar-refractivity contribution < 1.29 is 19.1 Å². The van der Waals surface area contributed by atoms with E-state index in [2.05, 4.69) is 15.6 Å². The normalized spacial score (nSPS) is 19.7. The van der Waals surface area contributed by atoms with E-state index in [4.69, 9.17) is 4.74 Å². The molecule has 26 heavy (non-hydrogen) atoms. The summed E-state index contributed by atoms with van der Waals surface area (Å²) in [6, 6.07) is 4.77. The van der Waals surface area contributed by atoms with Crippen LogP contribution in [0.1, 0.15) is 34.5 Å². The number of nitrogens with zero attached hydrogens (tertiary/aromatic N) is 4. The number of imide groups is 1. The van der Waals surface area contributed by atoms with Gasteiger partial charge in [0.05, 0.1) is 18.5 Å². The van der Waals surface area contributed by atoms with Crippen LogP contribution < -0.4 is 5.32 Å². The molecule has 4 rings (SSSR count). The lowest BCUT2D eigenvalue weighted by Gasteiger charge is -2.29. The predicted octanol–water partition coefficient (Wildman–Crippen LogP) is 0.175. The Labute approximate surface area is 148 Å². The number of nitrogens with one attached hydrogen (secondary N) is 1. The zero-order chi connectivity index (χ0) is 18.3. The first-order valence-electron chi connectivity index (χ1n) is 8.25. The van der Waals surface area contributed by atoms with Crippen molar-refractivity contribution in [1.82, 2.24) is 25.2 Å². The molecular weight excluding hydrogens is 338 g/mol. The Morgan fingerprint density at radius 1 is 1.31 bits per heavy atom. The SMILES string of the molecule is COCc1cn(-c2ccc3c(c2)CN(C2CCC(=O)NC2=O)C3=O)nn1. The lowest BCUT2D eigenvalue weighted by Crippen LogP contribution is -2.52. The molecule has 0 spiro atoms. The lowest BCUT2D eigenvalue weighted by atomic mass is 10.0. The minimum Gasteiger partial charge on any atom is -0.378 e. The molecule has 9 nitrogen and oxygen atoms in total. The molecule has 3 heterocycles. The molecule has 1 aromatic carbocycles. The average molecular weight is 355 g/mol. The van der Waals surface area contributed by atoms with Crippen molar-refractivity contribution in [2.45, 2.75) is 32.0 Å². The molecule has 3 amide bonds. The largest absolute Gasteiger partial charge is 0.378 e. The molecule has 1 atom stereocenters. The molecule has 0 saturated carbocycles. The predicted molar refractivity (Wildman–Crippen MR) is 88.1 cm³/mol. The van der Waals surface area contributed by atoms with E-state index in [1.807, 2.05) is 6.07 Å². The number of amides is 3. The third-order valence-electron chi connectivity index (χ3n) is 4.60. The monoisotopic (exact) mass is 355 g/mol. The van der Waals surface area contributed by atoms with Gasteiger partial charge in [0.2, 0.25) is 11.8 Å². The third kappa shape index (κ3) is 2.76. The molecule has 134 valence electrons. The van der Waals surface area contributed by atoms with Gasteiger partial charge in [-0.05, 0) is 30.2 Å². The summed E-state index contributed by atoms with van der Waals surface area (Å²) in [5.74, 6) is -0.904. The topological polar surface area (TPSA) is 106 Å². The van der Waals surface area contributed by atoms with Crippen LogP contribution >= 0.6 is 0 Å². The molecule has 0 aliphatic carbocycles. The maximum absolute atomic E-state index is 12.7. The fraction of sp³-hybridized carbons (Fsp3) is 0.353. The van der Waals surface area contributed by atoms with E-state index in [-0.39, 0.29) is 18.2 Å². The fourth-order valence-electron chi connectivity index (χ4n) is 3.34. The zero-order valence-electron chi connectivity index (χ0n) is 14.1. The lowest BCUT2D eigenvalue weighted by molar-refractivity contribution is -0.136. The summed E-state index contributed by atoms with van der Waals surface area (Å²) in [6.45, 7) is 0.695. The average Bonchev–Trinajstić information content (AvgIpc) is 3.20. The molecule has 1 saturated heterocycles. The standard InChI is InChI=1S/C17H17N5O4/c1-26-9-11-8-22(20-19-11)12-2-3-13-10(6-12)7-21(17(13)25)14-4-5-15(23)18-16(14)24/h2-3,6,8,14H,4-5,7,9H2,1H3,(H,18,23,24). The fourth-order valence-corrected chi connectivity index (χ4v) is 3.34. The Morgan fingerprint density at radius 2 is 2.15 bits per heavy atom. The van der Waals surface area contributed by atoms with Crippen molar-refractivity contribution in [3.05, 3.63) is 41.2 Å². The first kappa shape index (κ1) is 16.4. The quantitative estimate of drug-likeness (QED) is 0.784. The summed E-state index contributed by atoms with van der Waals surface area (Å²) in [7, 11) is 1.59. The maximum atomic E-state index is 12.7. The van der Waals surface area contributed by atoms with E-state index in [1.165, 1.54) is 4.90 Å². The van der Waals surface area contributed by atoms with Gasteiger partial charge in [-0.1, -0.05) is 5.21 Å². The van der Waals surface area contributed by atoms with Gasteiger partial charge in [0.25, 0.3) is 5.91 Å². The van der Waals surface area contributed by atoms with E-state index < -0.39 is 11.9 Å². The summed E-state index contributed by atoms with van der Waals surface area (Å²) >= 11 is 0. The number of rotatable bonds is 4. The van der Waals surface area contributed by atoms with Gasteiger partial charge in [0.15, 0.2) is 0 Å². The van der Waals surface area contributed by atoms with Crippen molar-refractivity contribution in [3.63, 3.8) is 0 Å².